The quantitative estimate of drug-likeness (QED) is 0.659. The van der Waals surface area contributed by atoms with Gasteiger partial charge in [0.25, 0.3) is 0 Å². The summed E-state index contributed by atoms with van der Waals surface area (Å²) < 4.78 is 0. The van der Waals surface area contributed by atoms with E-state index in [0.29, 0.717) is 11.4 Å². The molecule has 3 amide bonds. The van der Waals surface area contributed by atoms with Gasteiger partial charge in [0.2, 0.25) is 17.7 Å². The molecule has 0 aliphatic heterocycles. The zero-order valence-electron chi connectivity index (χ0n) is 17.6. The molecule has 1 atom stereocenters. The third-order valence-electron chi connectivity index (χ3n) is 4.55. The number of hydrogen-bond donors (Lipinski definition) is 3. The van der Waals surface area contributed by atoms with Gasteiger partial charge in [-0.3, -0.25) is 14.4 Å². The van der Waals surface area contributed by atoms with E-state index in [1.54, 1.807) is 12.1 Å². The molecule has 0 heterocycles. The van der Waals surface area contributed by atoms with E-state index in [1.807, 2.05) is 58.0 Å². The van der Waals surface area contributed by atoms with Crippen LogP contribution in [0.5, 0.6) is 0 Å². The first kappa shape index (κ1) is 22.1. The molecule has 0 aromatic heterocycles. The van der Waals surface area contributed by atoms with E-state index in [1.165, 1.54) is 6.92 Å². The van der Waals surface area contributed by atoms with E-state index in [-0.39, 0.29) is 30.1 Å². The molecule has 0 aliphatic carbocycles. The van der Waals surface area contributed by atoms with Gasteiger partial charge in [-0.05, 0) is 37.1 Å². The van der Waals surface area contributed by atoms with Crippen molar-refractivity contribution in [3.63, 3.8) is 0 Å². The third-order valence-corrected chi connectivity index (χ3v) is 4.55. The molecule has 0 saturated carbocycles. The van der Waals surface area contributed by atoms with Crippen LogP contribution in [0.4, 0.5) is 11.4 Å². The Labute approximate surface area is 172 Å². The molecular weight excluding hydrogens is 366 g/mol. The average Bonchev–Trinajstić information content (AvgIpc) is 2.64. The summed E-state index contributed by atoms with van der Waals surface area (Å²) in [5.74, 6) is -0.642. The summed E-state index contributed by atoms with van der Waals surface area (Å²) in [7, 11) is 0. The molecule has 0 saturated heterocycles. The zero-order chi connectivity index (χ0) is 21.6. The van der Waals surface area contributed by atoms with Crippen LogP contribution in [0.25, 0.3) is 0 Å². The first-order valence-electron chi connectivity index (χ1n) is 9.70. The van der Waals surface area contributed by atoms with Gasteiger partial charge in [-0.1, -0.05) is 49.7 Å². The largest absolute Gasteiger partial charge is 0.349 e. The number of aryl methyl sites for hydroxylation is 2. The molecule has 29 heavy (non-hydrogen) atoms. The van der Waals surface area contributed by atoms with Gasteiger partial charge in [0.1, 0.15) is 0 Å². The second kappa shape index (κ2) is 9.87. The number of hydrogen-bond acceptors (Lipinski definition) is 3. The van der Waals surface area contributed by atoms with Gasteiger partial charge in [-0.2, -0.15) is 0 Å². The van der Waals surface area contributed by atoms with E-state index >= 15 is 0 Å². The van der Waals surface area contributed by atoms with E-state index in [0.717, 1.165) is 16.7 Å². The lowest BCUT2D eigenvalue weighted by Crippen LogP contribution is -2.29. The van der Waals surface area contributed by atoms with Crippen LogP contribution in [0.3, 0.4) is 0 Å². The monoisotopic (exact) mass is 395 g/mol. The number of carbonyl (C=O) groups is 3. The highest BCUT2D eigenvalue weighted by atomic mass is 16.2. The number of nitrogens with one attached hydrogen (secondary N) is 3. The van der Waals surface area contributed by atoms with Crippen molar-refractivity contribution in [3.05, 3.63) is 59.2 Å². The molecule has 154 valence electrons. The molecule has 0 fully saturated rings. The maximum atomic E-state index is 12.7. The van der Waals surface area contributed by atoms with Crippen molar-refractivity contribution in [2.45, 2.75) is 47.1 Å². The van der Waals surface area contributed by atoms with Crippen LogP contribution in [-0.2, 0) is 14.4 Å². The Morgan fingerprint density at radius 1 is 0.931 bits per heavy atom. The van der Waals surface area contributed by atoms with Crippen LogP contribution in [-0.4, -0.2) is 17.7 Å². The predicted molar refractivity (Wildman–Crippen MR) is 116 cm³/mol. The van der Waals surface area contributed by atoms with E-state index in [9.17, 15) is 14.4 Å². The second-order valence-corrected chi connectivity index (χ2v) is 7.59. The van der Waals surface area contributed by atoms with Crippen LogP contribution in [0.2, 0.25) is 0 Å². The summed E-state index contributed by atoms with van der Waals surface area (Å²) >= 11 is 0. The average molecular weight is 396 g/mol. The number of carbonyl (C=O) groups excluding carboxylic acids is 3. The molecule has 0 bridgehead atoms. The van der Waals surface area contributed by atoms with Crippen LogP contribution in [0, 0.1) is 19.8 Å². The van der Waals surface area contributed by atoms with Gasteiger partial charge >= 0.3 is 0 Å². The SMILES string of the molecule is CC(=O)NC(CC(=O)Nc1cc(NC(=O)C(C)C)ccc1C)c1ccc(C)cc1. The Hall–Kier alpha value is -3.15. The van der Waals surface area contributed by atoms with Crippen molar-refractivity contribution in [2.24, 2.45) is 5.92 Å². The highest BCUT2D eigenvalue weighted by Gasteiger charge is 2.18. The fourth-order valence-electron chi connectivity index (χ4n) is 2.80. The number of rotatable bonds is 7. The lowest BCUT2D eigenvalue weighted by atomic mass is 10.0. The van der Waals surface area contributed by atoms with Gasteiger partial charge in [0.15, 0.2) is 0 Å². The second-order valence-electron chi connectivity index (χ2n) is 7.59. The van der Waals surface area contributed by atoms with Crippen LogP contribution < -0.4 is 16.0 Å². The number of benzene rings is 2. The van der Waals surface area contributed by atoms with Gasteiger partial charge < -0.3 is 16.0 Å². The first-order valence-corrected chi connectivity index (χ1v) is 9.70. The summed E-state index contributed by atoms with van der Waals surface area (Å²) in [5, 5.41) is 8.57. The van der Waals surface area contributed by atoms with Gasteiger partial charge in [-0.15, -0.1) is 0 Å². The Morgan fingerprint density at radius 3 is 2.17 bits per heavy atom. The lowest BCUT2D eigenvalue weighted by molar-refractivity contribution is -0.121. The van der Waals surface area contributed by atoms with Crippen molar-refractivity contribution < 1.29 is 14.4 Å². The minimum absolute atomic E-state index is 0.0868. The molecule has 6 heteroatoms. The predicted octanol–water partition coefficient (Wildman–Crippen LogP) is 4.10. The third kappa shape index (κ3) is 6.75. The molecule has 2 rings (SSSR count). The molecule has 3 N–H and O–H groups in total. The molecule has 0 spiro atoms. The Kier molecular flexibility index (Phi) is 7.53. The smallest absolute Gasteiger partial charge is 0.226 e. The van der Waals surface area contributed by atoms with Gasteiger partial charge in [-0.25, -0.2) is 0 Å². The zero-order valence-corrected chi connectivity index (χ0v) is 17.6. The van der Waals surface area contributed by atoms with E-state index < -0.39 is 6.04 Å². The van der Waals surface area contributed by atoms with Crippen molar-refractivity contribution in [3.8, 4) is 0 Å². The standard InChI is InChI=1S/C23H29N3O3/c1-14(2)23(29)25-19-11-8-16(4)20(12-19)26-22(28)13-21(24-17(5)27)18-9-6-15(3)7-10-18/h6-12,14,21H,13H2,1-5H3,(H,24,27)(H,25,29)(H,26,28). The molecule has 0 radical (unpaired) electrons. The topological polar surface area (TPSA) is 87.3 Å². The van der Waals surface area contributed by atoms with Crippen molar-refractivity contribution in [2.75, 3.05) is 10.6 Å². The van der Waals surface area contributed by atoms with Gasteiger partial charge in [0.05, 0.1) is 12.5 Å². The van der Waals surface area contributed by atoms with E-state index in [4.69, 9.17) is 0 Å². The van der Waals surface area contributed by atoms with Gasteiger partial charge in [0, 0.05) is 24.2 Å². The van der Waals surface area contributed by atoms with Crippen molar-refractivity contribution in [1.82, 2.24) is 5.32 Å². The van der Waals surface area contributed by atoms with Crippen molar-refractivity contribution >= 4 is 29.1 Å². The van der Waals surface area contributed by atoms with Crippen LogP contribution in [0.15, 0.2) is 42.5 Å². The Balaban J connectivity index is 2.13. The minimum Gasteiger partial charge on any atom is -0.349 e. The Bertz CT molecular complexity index is 889. The highest BCUT2D eigenvalue weighted by molar-refractivity contribution is 5.95. The summed E-state index contributed by atoms with van der Waals surface area (Å²) in [6, 6.07) is 12.7. The maximum absolute atomic E-state index is 12.7. The molecule has 6 nitrogen and oxygen atoms in total. The maximum Gasteiger partial charge on any atom is 0.226 e. The lowest BCUT2D eigenvalue weighted by Gasteiger charge is -2.19. The molecule has 2 aromatic rings. The summed E-state index contributed by atoms with van der Waals surface area (Å²) in [5.41, 5.74) is 4.11. The molecule has 0 aliphatic rings. The van der Waals surface area contributed by atoms with E-state index in [2.05, 4.69) is 16.0 Å². The summed E-state index contributed by atoms with van der Waals surface area (Å²) in [6.45, 7) is 8.94. The minimum atomic E-state index is -0.419. The van der Waals surface area contributed by atoms with Crippen molar-refractivity contribution in [1.29, 1.82) is 0 Å². The molecule has 1 unspecified atom stereocenters. The molecule has 2 aromatic carbocycles. The number of amides is 3. The van der Waals surface area contributed by atoms with Crippen LogP contribution in [0.1, 0.15) is 49.9 Å². The summed E-state index contributed by atoms with van der Waals surface area (Å²) in [4.78, 5) is 36.2. The fraction of sp³-hybridized carbons (Fsp3) is 0.348. The summed E-state index contributed by atoms with van der Waals surface area (Å²) in [6.07, 6.45) is 0.102. The highest BCUT2D eigenvalue weighted by Crippen LogP contribution is 2.23. The Morgan fingerprint density at radius 2 is 1.59 bits per heavy atom. The van der Waals surface area contributed by atoms with Crippen LogP contribution >= 0.6 is 0 Å². The fourth-order valence-corrected chi connectivity index (χ4v) is 2.80. The first-order chi connectivity index (χ1) is 13.7. The number of anilines is 2. The molecular formula is C23H29N3O3. The normalized spacial score (nSPS) is 11.7.